The predicted octanol–water partition coefficient (Wildman–Crippen LogP) is 22.5. The van der Waals surface area contributed by atoms with Crippen LogP contribution >= 0.6 is 0 Å². The van der Waals surface area contributed by atoms with Gasteiger partial charge in [-0.15, -0.1) is 0 Å². The third kappa shape index (κ3) is 10.7. The van der Waals surface area contributed by atoms with Gasteiger partial charge in [0.15, 0.2) is 0 Å². The Bertz CT molecular complexity index is 8200. The molecule has 0 aromatic heterocycles. The summed E-state index contributed by atoms with van der Waals surface area (Å²) in [5, 5.41) is 21.0. The zero-order chi connectivity index (χ0) is 93.5. The summed E-state index contributed by atoms with van der Waals surface area (Å²) in [7, 11) is 0. The number of anilines is 3. The summed E-state index contributed by atoms with van der Waals surface area (Å²) in [6.07, 6.45) is 0.329. The lowest BCUT2D eigenvalue weighted by Crippen LogP contribution is -2.49. The van der Waals surface area contributed by atoms with Crippen molar-refractivity contribution >= 4 is 250 Å². The molecule has 662 valence electrons. The summed E-state index contributed by atoms with van der Waals surface area (Å²) in [6, 6.07) is 80.3. The third-order valence-corrected chi connectivity index (χ3v) is 30.4. The molecule has 0 fully saturated rings. The lowest BCUT2D eigenvalue weighted by Gasteiger charge is -2.37. The molecular weight excluding hydrogens is 1730 g/mol. The number of fused-ring (bicyclic) bond motifs is 9. The topological polar surface area (TPSA) is 252 Å². The molecule has 0 radical (unpaired) electrons. The second-order valence-electron chi connectivity index (χ2n) is 37.6. The molecule has 21 heteroatoms. The van der Waals surface area contributed by atoms with Crippen LogP contribution in [-0.4, -0.2) is 143 Å². The molecule has 0 N–H and O–H groups in total. The first-order chi connectivity index (χ1) is 67.2. The minimum Gasteiger partial charge on any atom is -0.379 e. The van der Waals surface area contributed by atoms with Crippen molar-refractivity contribution in [3.8, 4) is 0 Å². The van der Waals surface area contributed by atoms with Crippen molar-refractivity contribution in [2.75, 3.05) is 54.3 Å². The van der Waals surface area contributed by atoms with Gasteiger partial charge in [0.1, 0.15) is 0 Å². The van der Waals surface area contributed by atoms with Crippen molar-refractivity contribution in [2.45, 2.75) is 52.2 Å². The van der Waals surface area contributed by atoms with Crippen LogP contribution in [0.25, 0.3) is 162 Å². The second kappa shape index (κ2) is 29.0. The number of carbonyl (C=O) groups is 12. The molecule has 0 saturated heterocycles. The van der Waals surface area contributed by atoms with Crippen LogP contribution in [0.4, 0.5) is 17.1 Å². The van der Waals surface area contributed by atoms with E-state index in [4.69, 9.17) is 14.2 Å². The van der Waals surface area contributed by atoms with Crippen molar-refractivity contribution in [1.82, 2.24) is 14.7 Å². The molecule has 27 rings (SSSR count). The van der Waals surface area contributed by atoms with Crippen LogP contribution in [0, 0.1) is 5.41 Å². The molecule has 0 saturated carbocycles. The fraction of sp³-hybridized carbons (Fsp3) is 0.128. The maximum Gasteiger partial charge on any atom is 0.266 e. The highest BCUT2D eigenvalue weighted by Crippen LogP contribution is 2.54. The first kappa shape index (κ1) is 80.7. The van der Waals surface area contributed by atoms with E-state index in [1.54, 1.807) is 112 Å². The van der Waals surface area contributed by atoms with E-state index in [9.17, 15) is 28.8 Å². The number of carbonyl (C=O) groups excluding carboxylic acids is 12. The smallest absolute Gasteiger partial charge is 0.266 e. The van der Waals surface area contributed by atoms with Gasteiger partial charge in [0, 0.05) is 121 Å². The minimum atomic E-state index is -1.07. The lowest BCUT2D eigenvalue weighted by molar-refractivity contribution is -0.0841. The highest BCUT2D eigenvalue weighted by atomic mass is 16.5. The maximum atomic E-state index is 15.4. The Hall–Kier alpha value is -17.0. The third-order valence-electron chi connectivity index (χ3n) is 30.4. The summed E-state index contributed by atoms with van der Waals surface area (Å²) in [5.41, 5.74) is 4.39. The Morgan fingerprint density at radius 2 is 0.377 bits per heavy atom. The van der Waals surface area contributed by atoms with Crippen molar-refractivity contribution in [1.29, 1.82) is 0 Å². The van der Waals surface area contributed by atoms with E-state index in [2.05, 4.69) is 0 Å². The molecule has 138 heavy (non-hydrogen) atoms. The number of hydrogen-bond donors (Lipinski definition) is 0. The Morgan fingerprint density at radius 1 is 0.203 bits per heavy atom. The first-order valence-corrected chi connectivity index (χ1v) is 46.3. The van der Waals surface area contributed by atoms with Gasteiger partial charge in [-0.3, -0.25) is 72.2 Å². The zero-order valence-electron chi connectivity index (χ0n) is 74.5. The Labute approximate surface area is 783 Å². The van der Waals surface area contributed by atoms with Crippen LogP contribution in [0.15, 0.2) is 273 Å². The van der Waals surface area contributed by atoms with E-state index in [0.29, 0.717) is 139 Å². The normalized spacial score (nSPS) is 16.2. The van der Waals surface area contributed by atoms with Crippen molar-refractivity contribution in [3.63, 3.8) is 0 Å². The average molecular weight is 1800 g/mol. The van der Waals surface area contributed by atoms with Crippen LogP contribution in [0.5, 0.6) is 0 Å². The van der Waals surface area contributed by atoms with Gasteiger partial charge >= 0.3 is 0 Å². The summed E-state index contributed by atoms with van der Waals surface area (Å²) < 4.78 is 20.3. The molecule has 6 aliphatic rings. The molecule has 3 unspecified atom stereocenters. The number of nitrogens with zero attached hydrogens (tertiary/aromatic N) is 6. The molecule has 6 heterocycles. The highest BCUT2D eigenvalue weighted by Gasteiger charge is 2.47. The fourth-order valence-electron chi connectivity index (χ4n) is 23.9. The van der Waals surface area contributed by atoms with Gasteiger partial charge in [-0.05, 0) is 231 Å². The van der Waals surface area contributed by atoms with Crippen LogP contribution in [0.3, 0.4) is 0 Å². The number of hydrogen-bond acceptors (Lipinski definition) is 15. The average Bonchev–Trinajstić information content (AvgIpc) is 0.692. The zero-order valence-corrected chi connectivity index (χ0v) is 74.5. The lowest BCUT2D eigenvalue weighted by atomic mass is 9.82. The van der Waals surface area contributed by atoms with Gasteiger partial charge < -0.3 is 14.2 Å². The molecule has 21 nitrogen and oxygen atoms in total. The molecule has 3 atom stereocenters. The SMILES string of the molecule is CCC(COCC(C)N1C(=O)c2ccc3c4ccc5c6c(ccc(c7ccc(c2c37)C1=O)c64)C(=O)N(c1cccc2ccccc12)C5=O)(COCC(C)N1C(=O)c2ccc3c4ccc5c6c(ccc(c7ccc(c2c37)C1=O)c64)C(=O)N(c1cccc2ccccc12)C5=O)COCC(C)N1C(=O)c2ccc3c4ccc5c6c(ccc(c7ccc(c2c37)C1=O)c64)C(=O)N(c1cccc2ccccc12)C5=O. The van der Waals surface area contributed by atoms with Crippen LogP contribution in [-0.2, 0) is 14.2 Å². The Kier molecular flexibility index (Phi) is 17.0. The number of benzene rings is 21. The molecular formula is C117H74N6O15. The monoisotopic (exact) mass is 1800 g/mol. The van der Waals surface area contributed by atoms with Gasteiger partial charge in [0.25, 0.3) is 70.9 Å². The second-order valence-corrected chi connectivity index (χ2v) is 37.6. The summed E-state index contributed by atoms with van der Waals surface area (Å²) in [5.74, 6) is -5.95. The standard InChI is InChI=1S/C117H74N6O15/c1-5-117(54-136-51-57(2)118-105(124)78-39-27-66-72-33-45-84-102-85(46-34-73(96(72)102)67-28-40-79(106(118)125)99(78)93(66)67)112(131)121(111(84)130)90-24-12-18-60-15-6-9-21-63(60)90,55-137-52-58(3)119-107(126)80-41-29-68-74-35-47-86-103-87(48-36-75(97(74)103)69-30-42-81(108(119)127)100(80)94(68)69)114(133)122(113(86)132)91-25-13-19-61-16-7-10-22-64(61)91)56-138-53-59(4)120-109(128)82-43-31-70-76-37-49-88-104-89(50-38-77(98(76)104)71-32-44-83(110(120)129)101(82)95(70)71)116(135)123(115(88)134)92-26-14-20-62-17-8-11-23-65(62)92/h6-50,57-59H,5,51-56H2,1-4H3. The van der Waals surface area contributed by atoms with E-state index >= 15 is 28.8 Å². The quantitative estimate of drug-likeness (QED) is 0.0414. The summed E-state index contributed by atoms with van der Waals surface area (Å²) >= 11 is 0. The van der Waals surface area contributed by atoms with E-state index in [1.165, 1.54) is 29.4 Å². The number of ether oxygens (including phenoxy) is 3. The molecule has 0 bridgehead atoms. The first-order valence-electron chi connectivity index (χ1n) is 46.3. The largest absolute Gasteiger partial charge is 0.379 e. The minimum absolute atomic E-state index is 0.0903. The van der Waals surface area contributed by atoms with Crippen molar-refractivity contribution in [2.24, 2.45) is 5.41 Å². The Morgan fingerprint density at radius 3 is 0.565 bits per heavy atom. The molecule has 0 aliphatic carbocycles. The van der Waals surface area contributed by atoms with Gasteiger partial charge in [0.2, 0.25) is 0 Å². The van der Waals surface area contributed by atoms with Gasteiger partial charge in [-0.25, -0.2) is 14.7 Å². The highest BCUT2D eigenvalue weighted by molar-refractivity contribution is 6.49. The fourth-order valence-corrected chi connectivity index (χ4v) is 23.9. The molecule has 21 aromatic carbocycles. The van der Waals surface area contributed by atoms with Crippen LogP contribution in [0.1, 0.15) is 158 Å². The van der Waals surface area contributed by atoms with E-state index in [0.717, 1.165) is 113 Å². The summed E-state index contributed by atoms with van der Waals surface area (Å²) in [6.45, 7) is 6.39. The van der Waals surface area contributed by atoms with Gasteiger partial charge in [0.05, 0.1) is 74.8 Å². The van der Waals surface area contributed by atoms with Crippen molar-refractivity contribution in [3.05, 3.63) is 340 Å². The maximum absolute atomic E-state index is 15.4. The number of amides is 12. The molecule has 6 aliphatic heterocycles. The van der Waals surface area contributed by atoms with Crippen LogP contribution < -0.4 is 14.7 Å². The van der Waals surface area contributed by atoms with E-state index in [-0.39, 0.29) is 39.6 Å². The van der Waals surface area contributed by atoms with E-state index < -0.39 is 94.4 Å². The number of imide groups is 6. The van der Waals surface area contributed by atoms with E-state index in [1.807, 2.05) is 189 Å². The number of rotatable bonds is 19. The Balaban J connectivity index is 0.478. The van der Waals surface area contributed by atoms with Crippen LogP contribution in [0.2, 0.25) is 0 Å². The predicted molar refractivity (Wildman–Crippen MR) is 533 cm³/mol. The molecule has 0 spiro atoms. The molecule has 12 amide bonds. The van der Waals surface area contributed by atoms with Gasteiger partial charge in [-0.1, -0.05) is 189 Å². The summed E-state index contributed by atoms with van der Waals surface area (Å²) in [4.78, 5) is 188. The van der Waals surface area contributed by atoms with Gasteiger partial charge in [-0.2, -0.15) is 0 Å². The van der Waals surface area contributed by atoms with Crippen molar-refractivity contribution < 1.29 is 71.7 Å². The molecule has 21 aromatic rings.